The molecule has 1 aromatic carbocycles. The van der Waals surface area contributed by atoms with Crippen molar-refractivity contribution >= 4 is 27.9 Å². The molecule has 0 saturated heterocycles. The highest BCUT2D eigenvalue weighted by Crippen LogP contribution is 2.22. The summed E-state index contributed by atoms with van der Waals surface area (Å²) in [5, 5.41) is -0.379. The monoisotopic (exact) mass is 321 g/mol. The lowest BCUT2D eigenvalue weighted by Crippen LogP contribution is -2.25. The minimum Gasteiger partial charge on any atom is -0.302 e. The number of aromatic nitrogens is 1. The summed E-state index contributed by atoms with van der Waals surface area (Å²) in [4.78, 5) is 15.5. The maximum atomic E-state index is 12.4. The second kappa shape index (κ2) is 6.87. The third-order valence-corrected chi connectivity index (χ3v) is 6.21. The minimum absolute atomic E-state index is 0.150. The largest absolute Gasteiger partial charge is 0.302 e. The Morgan fingerprint density at radius 1 is 1.19 bits per heavy atom. The van der Waals surface area contributed by atoms with Crippen molar-refractivity contribution < 1.29 is 13.2 Å². The molecular formula is C15H15NO3S2. The Balaban J connectivity index is 2.16. The predicted molar refractivity (Wildman–Crippen MR) is 83.2 cm³/mol. The average Bonchev–Trinajstić information content (AvgIpc) is 2.49. The van der Waals surface area contributed by atoms with Crippen LogP contribution in [0.3, 0.4) is 0 Å². The zero-order valence-corrected chi connectivity index (χ0v) is 13.1. The van der Waals surface area contributed by atoms with Gasteiger partial charge in [-0.2, -0.15) is 0 Å². The zero-order chi connectivity index (χ0) is 15.3. The zero-order valence-electron chi connectivity index (χ0n) is 11.5. The van der Waals surface area contributed by atoms with Crippen LogP contribution in [0.2, 0.25) is 0 Å². The van der Waals surface area contributed by atoms with Gasteiger partial charge in [-0.3, -0.25) is 0 Å². The molecule has 0 bridgehead atoms. The SMILES string of the molecule is Cc1ccc(S(=O)(=O)C(C=O)CSc2ccccn2)cc1. The third-order valence-electron chi connectivity index (χ3n) is 2.93. The van der Waals surface area contributed by atoms with E-state index in [0.717, 1.165) is 5.56 Å². The lowest BCUT2D eigenvalue weighted by molar-refractivity contribution is -0.107. The van der Waals surface area contributed by atoms with Gasteiger partial charge in [0.25, 0.3) is 0 Å². The first kappa shape index (κ1) is 15.7. The van der Waals surface area contributed by atoms with Gasteiger partial charge < -0.3 is 4.79 Å². The van der Waals surface area contributed by atoms with Crippen LogP contribution in [0.1, 0.15) is 5.56 Å². The molecule has 0 saturated carbocycles. The maximum absolute atomic E-state index is 12.4. The summed E-state index contributed by atoms with van der Waals surface area (Å²) >= 11 is 1.26. The van der Waals surface area contributed by atoms with Crippen LogP contribution in [0, 0.1) is 6.92 Å². The molecule has 21 heavy (non-hydrogen) atoms. The summed E-state index contributed by atoms with van der Waals surface area (Å²) < 4.78 is 24.9. The van der Waals surface area contributed by atoms with Crippen molar-refractivity contribution in [3.8, 4) is 0 Å². The van der Waals surface area contributed by atoms with E-state index in [4.69, 9.17) is 0 Å². The number of hydrogen-bond donors (Lipinski definition) is 0. The Labute approximate surface area is 128 Å². The smallest absolute Gasteiger partial charge is 0.188 e. The van der Waals surface area contributed by atoms with Crippen molar-refractivity contribution in [1.29, 1.82) is 0 Å². The van der Waals surface area contributed by atoms with E-state index in [2.05, 4.69) is 4.98 Å². The molecule has 6 heteroatoms. The van der Waals surface area contributed by atoms with E-state index < -0.39 is 15.1 Å². The van der Waals surface area contributed by atoms with Gasteiger partial charge in [0.05, 0.1) is 9.92 Å². The molecule has 4 nitrogen and oxygen atoms in total. The number of aldehydes is 1. The Bertz CT molecular complexity index is 697. The van der Waals surface area contributed by atoms with Crippen LogP contribution in [0.5, 0.6) is 0 Å². The van der Waals surface area contributed by atoms with Crippen LogP contribution in [0.25, 0.3) is 0 Å². The molecule has 1 heterocycles. The van der Waals surface area contributed by atoms with Gasteiger partial charge in [-0.1, -0.05) is 23.8 Å². The second-order valence-corrected chi connectivity index (χ2v) is 7.72. The summed E-state index contributed by atoms with van der Waals surface area (Å²) in [6.45, 7) is 1.88. The molecule has 0 spiro atoms. The molecule has 0 radical (unpaired) electrons. The van der Waals surface area contributed by atoms with E-state index in [1.165, 1.54) is 23.9 Å². The molecule has 0 N–H and O–H groups in total. The number of nitrogens with zero attached hydrogens (tertiary/aromatic N) is 1. The van der Waals surface area contributed by atoms with Crippen molar-refractivity contribution in [3.63, 3.8) is 0 Å². The molecule has 110 valence electrons. The number of rotatable bonds is 6. The Morgan fingerprint density at radius 2 is 1.90 bits per heavy atom. The van der Waals surface area contributed by atoms with Gasteiger partial charge in [-0.05, 0) is 31.2 Å². The van der Waals surface area contributed by atoms with E-state index in [1.54, 1.807) is 30.5 Å². The van der Waals surface area contributed by atoms with E-state index in [-0.39, 0.29) is 10.6 Å². The highest BCUT2D eigenvalue weighted by molar-refractivity contribution is 8.01. The average molecular weight is 321 g/mol. The Hall–Kier alpha value is -1.66. The number of carbonyl (C=O) groups excluding carboxylic acids is 1. The lowest BCUT2D eigenvalue weighted by atomic mass is 10.2. The first-order chi connectivity index (χ1) is 10.0. The van der Waals surface area contributed by atoms with Gasteiger partial charge in [-0.25, -0.2) is 13.4 Å². The predicted octanol–water partition coefficient (Wildman–Crippen LogP) is 2.52. The molecule has 2 rings (SSSR count). The first-order valence-electron chi connectivity index (χ1n) is 6.34. The van der Waals surface area contributed by atoms with Gasteiger partial charge in [0.1, 0.15) is 11.5 Å². The summed E-state index contributed by atoms with van der Waals surface area (Å²) in [7, 11) is -3.65. The van der Waals surface area contributed by atoms with Crippen LogP contribution in [-0.2, 0) is 14.6 Å². The number of hydrogen-bond acceptors (Lipinski definition) is 5. The summed E-state index contributed by atoms with van der Waals surface area (Å²) in [6, 6.07) is 11.9. The fourth-order valence-corrected chi connectivity index (χ4v) is 4.36. The van der Waals surface area contributed by atoms with Crippen molar-refractivity contribution in [2.45, 2.75) is 22.1 Å². The Kier molecular flexibility index (Phi) is 5.14. The molecular weight excluding hydrogens is 306 g/mol. The summed E-state index contributed by atoms with van der Waals surface area (Å²) in [5.41, 5.74) is 0.972. The number of sulfone groups is 1. The van der Waals surface area contributed by atoms with Crippen molar-refractivity contribution in [2.75, 3.05) is 5.75 Å². The summed E-state index contributed by atoms with van der Waals surface area (Å²) in [6.07, 6.45) is 2.12. The topological polar surface area (TPSA) is 64.1 Å². The highest BCUT2D eigenvalue weighted by Gasteiger charge is 2.27. The number of benzene rings is 1. The quantitative estimate of drug-likeness (QED) is 0.604. The lowest BCUT2D eigenvalue weighted by Gasteiger charge is -2.11. The van der Waals surface area contributed by atoms with E-state index >= 15 is 0 Å². The van der Waals surface area contributed by atoms with Crippen LogP contribution in [0.4, 0.5) is 0 Å². The van der Waals surface area contributed by atoms with E-state index in [1.807, 2.05) is 13.0 Å². The van der Waals surface area contributed by atoms with Gasteiger partial charge in [0.15, 0.2) is 9.84 Å². The third kappa shape index (κ3) is 3.92. The van der Waals surface area contributed by atoms with Gasteiger partial charge >= 0.3 is 0 Å². The molecule has 1 aromatic heterocycles. The van der Waals surface area contributed by atoms with Crippen LogP contribution in [0.15, 0.2) is 58.6 Å². The second-order valence-electron chi connectivity index (χ2n) is 4.51. The van der Waals surface area contributed by atoms with Gasteiger partial charge in [0, 0.05) is 11.9 Å². The number of pyridine rings is 1. The van der Waals surface area contributed by atoms with Crippen molar-refractivity contribution in [2.24, 2.45) is 0 Å². The highest BCUT2D eigenvalue weighted by atomic mass is 32.2. The van der Waals surface area contributed by atoms with Crippen LogP contribution >= 0.6 is 11.8 Å². The van der Waals surface area contributed by atoms with E-state index in [9.17, 15) is 13.2 Å². The molecule has 0 aliphatic heterocycles. The fourth-order valence-electron chi connectivity index (χ4n) is 1.70. The van der Waals surface area contributed by atoms with E-state index in [0.29, 0.717) is 11.3 Å². The number of thioether (sulfide) groups is 1. The number of aryl methyl sites for hydroxylation is 1. The molecule has 0 aliphatic carbocycles. The molecule has 0 aliphatic rings. The summed E-state index contributed by atoms with van der Waals surface area (Å²) in [5.74, 6) is 0.150. The van der Waals surface area contributed by atoms with Crippen molar-refractivity contribution in [3.05, 3.63) is 54.2 Å². The standard InChI is InChI=1S/C15H15NO3S2/c1-12-5-7-13(8-6-12)21(18,19)14(10-17)11-20-15-4-2-3-9-16-15/h2-10,14H,11H2,1H3. The van der Waals surface area contributed by atoms with Crippen LogP contribution in [-0.4, -0.2) is 30.7 Å². The Morgan fingerprint density at radius 3 is 2.48 bits per heavy atom. The first-order valence-corrected chi connectivity index (χ1v) is 8.87. The van der Waals surface area contributed by atoms with Crippen LogP contribution < -0.4 is 0 Å². The normalized spacial score (nSPS) is 12.8. The number of carbonyl (C=O) groups is 1. The molecule has 0 amide bonds. The molecule has 2 aromatic rings. The van der Waals surface area contributed by atoms with Gasteiger partial charge in [-0.15, -0.1) is 11.8 Å². The fraction of sp³-hybridized carbons (Fsp3) is 0.200. The molecule has 0 fully saturated rings. The van der Waals surface area contributed by atoms with Gasteiger partial charge in [0.2, 0.25) is 0 Å². The molecule has 1 unspecified atom stereocenters. The minimum atomic E-state index is -3.65. The maximum Gasteiger partial charge on any atom is 0.188 e. The molecule has 1 atom stereocenters. The van der Waals surface area contributed by atoms with Crippen molar-refractivity contribution in [1.82, 2.24) is 4.98 Å².